The normalized spacial score (nSPS) is 15.9. The van der Waals surface area contributed by atoms with Crippen LogP contribution < -0.4 is 5.32 Å². The highest BCUT2D eigenvalue weighted by atomic mass is 19.1. The van der Waals surface area contributed by atoms with Crippen LogP contribution in [0.3, 0.4) is 0 Å². The van der Waals surface area contributed by atoms with Gasteiger partial charge in [0.05, 0.1) is 36.0 Å². The quantitative estimate of drug-likeness (QED) is 0.922. The Morgan fingerprint density at radius 3 is 2.58 bits per heavy atom. The van der Waals surface area contributed by atoms with E-state index in [2.05, 4.69) is 25.1 Å². The Morgan fingerprint density at radius 1 is 1.21 bits per heavy atom. The Bertz CT molecular complexity index is 557. The number of halogens is 1. The van der Waals surface area contributed by atoms with Gasteiger partial charge in [-0.05, 0) is 19.8 Å². The second kappa shape index (κ2) is 4.95. The Kier molecular flexibility index (Phi) is 3.15. The number of hydrogen-bond acceptors (Lipinski definition) is 4. The molecule has 0 unspecified atom stereocenters. The molecule has 3 rings (SSSR count). The van der Waals surface area contributed by atoms with Crippen LogP contribution in [0.15, 0.2) is 18.6 Å². The van der Waals surface area contributed by atoms with E-state index in [1.807, 2.05) is 6.92 Å². The monoisotopic (exact) mass is 261 g/mol. The maximum absolute atomic E-state index is 12.7. The highest BCUT2D eigenvalue weighted by Crippen LogP contribution is 2.31. The minimum atomic E-state index is -0.441. The summed E-state index contributed by atoms with van der Waals surface area (Å²) in [6, 6.07) is 0.504. The molecule has 19 heavy (non-hydrogen) atoms. The summed E-state index contributed by atoms with van der Waals surface area (Å²) >= 11 is 0. The highest BCUT2D eigenvalue weighted by Gasteiger charge is 2.20. The van der Waals surface area contributed by atoms with E-state index in [0.717, 1.165) is 23.8 Å². The van der Waals surface area contributed by atoms with Gasteiger partial charge < -0.3 is 5.32 Å². The van der Waals surface area contributed by atoms with E-state index < -0.39 is 5.82 Å². The first-order chi connectivity index (χ1) is 9.24. The molecule has 0 amide bonds. The molecule has 2 heterocycles. The van der Waals surface area contributed by atoms with Crippen LogP contribution in [0.4, 0.5) is 16.0 Å². The fourth-order valence-electron chi connectivity index (χ4n) is 2.56. The van der Waals surface area contributed by atoms with Crippen molar-refractivity contribution >= 4 is 11.6 Å². The fourth-order valence-corrected chi connectivity index (χ4v) is 2.56. The molecular weight excluding hydrogens is 245 g/mol. The molecule has 0 bridgehead atoms. The third-order valence-electron chi connectivity index (χ3n) is 3.58. The van der Waals surface area contributed by atoms with Gasteiger partial charge in [-0.1, -0.05) is 12.8 Å². The molecule has 1 saturated carbocycles. The van der Waals surface area contributed by atoms with E-state index in [1.54, 1.807) is 6.20 Å². The molecule has 0 saturated heterocycles. The van der Waals surface area contributed by atoms with Crippen LogP contribution in [-0.4, -0.2) is 19.7 Å². The summed E-state index contributed by atoms with van der Waals surface area (Å²) in [5.74, 6) is -0.0561. The van der Waals surface area contributed by atoms with Crippen molar-refractivity contribution in [3.05, 3.63) is 30.1 Å². The van der Waals surface area contributed by atoms with Gasteiger partial charge in [0.25, 0.3) is 0 Å². The first-order valence-electron chi connectivity index (χ1n) is 6.53. The standard InChI is InChI=1S/C13H16FN5/c1-9-12(18-13-15-6-10(14)7-16-13)8-17-19(9)11-4-2-3-5-11/h6-8,11H,2-5H2,1H3,(H,15,16,18). The summed E-state index contributed by atoms with van der Waals surface area (Å²) in [5, 5.41) is 7.51. The maximum atomic E-state index is 12.7. The first kappa shape index (κ1) is 12.1. The lowest BCUT2D eigenvalue weighted by atomic mass is 10.2. The molecule has 0 radical (unpaired) electrons. The molecule has 0 atom stereocenters. The zero-order chi connectivity index (χ0) is 13.2. The Labute approximate surface area is 110 Å². The summed E-state index contributed by atoms with van der Waals surface area (Å²) < 4.78 is 14.8. The lowest BCUT2D eigenvalue weighted by molar-refractivity contribution is 0.457. The topological polar surface area (TPSA) is 55.6 Å². The minimum Gasteiger partial charge on any atom is -0.321 e. The molecule has 2 aromatic rings. The lowest BCUT2D eigenvalue weighted by Gasteiger charge is -2.12. The van der Waals surface area contributed by atoms with Gasteiger partial charge in [0, 0.05) is 0 Å². The van der Waals surface area contributed by atoms with Crippen LogP contribution in [-0.2, 0) is 0 Å². The van der Waals surface area contributed by atoms with E-state index in [1.165, 1.54) is 25.7 Å². The maximum Gasteiger partial charge on any atom is 0.227 e. The summed E-state index contributed by atoms with van der Waals surface area (Å²) in [7, 11) is 0. The largest absolute Gasteiger partial charge is 0.321 e. The molecule has 1 fully saturated rings. The number of hydrogen-bond donors (Lipinski definition) is 1. The Hall–Kier alpha value is -1.98. The van der Waals surface area contributed by atoms with Crippen molar-refractivity contribution in [1.29, 1.82) is 0 Å². The number of anilines is 2. The smallest absolute Gasteiger partial charge is 0.227 e. The first-order valence-corrected chi connectivity index (χ1v) is 6.53. The van der Waals surface area contributed by atoms with Gasteiger partial charge in [-0.2, -0.15) is 5.10 Å². The van der Waals surface area contributed by atoms with E-state index in [0.29, 0.717) is 12.0 Å². The van der Waals surface area contributed by atoms with Crippen molar-refractivity contribution in [3.8, 4) is 0 Å². The van der Waals surface area contributed by atoms with Crippen LogP contribution in [0.5, 0.6) is 0 Å². The summed E-state index contributed by atoms with van der Waals surface area (Å²) in [5.41, 5.74) is 1.94. The molecule has 0 spiro atoms. The van der Waals surface area contributed by atoms with Gasteiger partial charge in [0.1, 0.15) is 0 Å². The van der Waals surface area contributed by atoms with Crippen LogP contribution in [0.1, 0.15) is 37.4 Å². The van der Waals surface area contributed by atoms with Crippen LogP contribution in [0, 0.1) is 12.7 Å². The van der Waals surface area contributed by atoms with E-state index in [9.17, 15) is 4.39 Å². The van der Waals surface area contributed by atoms with Crippen molar-refractivity contribution in [2.75, 3.05) is 5.32 Å². The molecule has 1 N–H and O–H groups in total. The van der Waals surface area contributed by atoms with Crippen molar-refractivity contribution in [2.24, 2.45) is 0 Å². The zero-order valence-corrected chi connectivity index (χ0v) is 10.8. The Balaban J connectivity index is 1.80. The van der Waals surface area contributed by atoms with Crippen molar-refractivity contribution in [2.45, 2.75) is 38.6 Å². The molecular formula is C13H16FN5. The minimum absolute atomic E-state index is 0.385. The molecule has 1 aliphatic rings. The predicted molar refractivity (Wildman–Crippen MR) is 69.7 cm³/mol. The lowest BCUT2D eigenvalue weighted by Crippen LogP contribution is -2.08. The van der Waals surface area contributed by atoms with E-state index >= 15 is 0 Å². The van der Waals surface area contributed by atoms with Crippen LogP contribution in [0.25, 0.3) is 0 Å². The second-order valence-electron chi connectivity index (χ2n) is 4.88. The zero-order valence-electron chi connectivity index (χ0n) is 10.8. The average Bonchev–Trinajstić information content (AvgIpc) is 3.03. The third kappa shape index (κ3) is 2.43. The van der Waals surface area contributed by atoms with Gasteiger partial charge in [-0.15, -0.1) is 0 Å². The van der Waals surface area contributed by atoms with E-state index in [4.69, 9.17) is 0 Å². The molecule has 5 nitrogen and oxygen atoms in total. The van der Waals surface area contributed by atoms with Crippen molar-refractivity contribution in [3.63, 3.8) is 0 Å². The molecule has 1 aliphatic carbocycles. The predicted octanol–water partition coefficient (Wildman–Crippen LogP) is 2.98. The second-order valence-corrected chi connectivity index (χ2v) is 4.88. The SMILES string of the molecule is Cc1c(Nc2ncc(F)cn2)cnn1C1CCCC1. The van der Waals surface area contributed by atoms with Gasteiger partial charge in [0.15, 0.2) is 5.82 Å². The third-order valence-corrected chi connectivity index (χ3v) is 3.58. The number of rotatable bonds is 3. The number of nitrogens with zero attached hydrogens (tertiary/aromatic N) is 4. The van der Waals surface area contributed by atoms with Gasteiger partial charge in [-0.3, -0.25) is 4.68 Å². The molecule has 0 aromatic carbocycles. The van der Waals surface area contributed by atoms with Crippen molar-refractivity contribution < 1.29 is 4.39 Å². The molecule has 0 aliphatic heterocycles. The van der Waals surface area contributed by atoms with Gasteiger partial charge in [-0.25, -0.2) is 14.4 Å². The average molecular weight is 261 g/mol. The molecule has 6 heteroatoms. The van der Waals surface area contributed by atoms with Crippen molar-refractivity contribution in [1.82, 2.24) is 19.7 Å². The fraction of sp³-hybridized carbons (Fsp3) is 0.462. The summed E-state index contributed by atoms with van der Waals surface area (Å²) in [6.45, 7) is 2.02. The molecule has 2 aromatic heterocycles. The summed E-state index contributed by atoms with van der Waals surface area (Å²) in [4.78, 5) is 7.77. The van der Waals surface area contributed by atoms with E-state index in [-0.39, 0.29) is 0 Å². The summed E-state index contributed by atoms with van der Waals surface area (Å²) in [6.07, 6.45) is 8.99. The highest BCUT2D eigenvalue weighted by molar-refractivity contribution is 5.54. The Morgan fingerprint density at radius 2 is 1.89 bits per heavy atom. The molecule has 100 valence electrons. The van der Waals surface area contributed by atoms with Crippen LogP contribution in [0.2, 0.25) is 0 Å². The van der Waals surface area contributed by atoms with Crippen LogP contribution >= 0.6 is 0 Å². The van der Waals surface area contributed by atoms with Gasteiger partial charge >= 0.3 is 0 Å². The number of aromatic nitrogens is 4. The number of nitrogens with one attached hydrogen (secondary N) is 1. The van der Waals surface area contributed by atoms with Gasteiger partial charge in [0.2, 0.25) is 5.95 Å².